The molecule has 2 aromatic rings. The summed E-state index contributed by atoms with van der Waals surface area (Å²) in [6.07, 6.45) is -3.64. The summed E-state index contributed by atoms with van der Waals surface area (Å²) < 4.78 is 50.4. The molecular weight excluding hydrogens is 371 g/mol. The van der Waals surface area contributed by atoms with Crippen molar-refractivity contribution in [2.45, 2.75) is 31.0 Å². The van der Waals surface area contributed by atoms with Crippen LogP contribution in [0.4, 0.5) is 13.2 Å². The van der Waals surface area contributed by atoms with Crippen molar-refractivity contribution in [1.29, 1.82) is 0 Å². The summed E-state index contributed by atoms with van der Waals surface area (Å²) >= 11 is 0. The highest BCUT2D eigenvalue weighted by atomic mass is 19.4. The molecule has 2 aliphatic heterocycles. The minimum absolute atomic E-state index is 0.126. The zero-order valence-electron chi connectivity index (χ0n) is 15.1. The maximum Gasteiger partial charge on any atom is 0.416 e. The Bertz CT molecular complexity index is 868. The van der Waals surface area contributed by atoms with Crippen molar-refractivity contribution < 1.29 is 27.4 Å². The first kappa shape index (κ1) is 18.7. The molecule has 28 heavy (non-hydrogen) atoms. The molecule has 2 aliphatic rings. The van der Waals surface area contributed by atoms with E-state index in [2.05, 4.69) is 0 Å². The number of ether oxygens (including phenoxy) is 2. The van der Waals surface area contributed by atoms with Crippen molar-refractivity contribution in [3.63, 3.8) is 0 Å². The van der Waals surface area contributed by atoms with Crippen LogP contribution < -0.4 is 9.47 Å². The predicted molar refractivity (Wildman–Crippen MR) is 96.4 cm³/mol. The zero-order valence-corrected chi connectivity index (χ0v) is 15.1. The van der Waals surface area contributed by atoms with Gasteiger partial charge in [0.15, 0.2) is 11.5 Å². The number of amides is 1. The van der Waals surface area contributed by atoms with Crippen LogP contribution in [0, 0.1) is 0 Å². The Balaban J connectivity index is 1.46. The average molecular weight is 391 g/mol. The number of benzene rings is 2. The number of carbonyl (C=O) groups excluding carboxylic acids is 1. The Labute approximate surface area is 160 Å². The highest BCUT2D eigenvalue weighted by Crippen LogP contribution is 2.35. The van der Waals surface area contributed by atoms with E-state index in [9.17, 15) is 18.0 Å². The fourth-order valence-corrected chi connectivity index (χ4v) is 3.76. The minimum atomic E-state index is -4.37. The van der Waals surface area contributed by atoms with Crippen LogP contribution in [-0.2, 0) is 11.0 Å². The molecule has 1 saturated heterocycles. The van der Waals surface area contributed by atoms with E-state index >= 15 is 0 Å². The van der Waals surface area contributed by atoms with Gasteiger partial charge in [-0.3, -0.25) is 4.79 Å². The lowest BCUT2D eigenvalue weighted by Gasteiger charge is -2.36. The van der Waals surface area contributed by atoms with Gasteiger partial charge >= 0.3 is 6.18 Å². The van der Waals surface area contributed by atoms with Crippen molar-refractivity contribution in [2.75, 3.05) is 19.7 Å². The van der Waals surface area contributed by atoms with Gasteiger partial charge in [-0.05, 0) is 36.6 Å². The van der Waals surface area contributed by atoms with Gasteiger partial charge in [0, 0.05) is 19.0 Å². The summed E-state index contributed by atoms with van der Waals surface area (Å²) in [6.45, 7) is 1.07. The van der Waals surface area contributed by atoms with Gasteiger partial charge in [-0.2, -0.15) is 13.2 Å². The van der Waals surface area contributed by atoms with E-state index in [0.29, 0.717) is 30.2 Å². The van der Waals surface area contributed by atoms with Crippen molar-refractivity contribution >= 4 is 5.91 Å². The molecule has 0 aromatic heterocycles. The molecule has 0 radical (unpaired) electrons. The van der Waals surface area contributed by atoms with Gasteiger partial charge in [0.2, 0.25) is 6.10 Å². The van der Waals surface area contributed by atoms with Crippen molar-refractivity contribution in [2.24, 2.45) is 0 Å². The maximum atomic E-state index is 13.0. The normalized spacial score (nSPS) is 22.0. The first-order valence-corrected chi connectivity index (χ1v) is 9.26. The number of nitrogens with zero attached hydrogens (tertiary/aromatic N) is 1. The predicted octanol–water partition coefficient (Wildman–Crippen LogP) is 4.25. The molecule has 1 amide bonds. The van der Waals surface area contributed by atoms with Crippen LogP contribution in [0.25, 0.3) is 0 Å². The van der Waals surface area contributed by atoms with E-state index in [0.717, 1.165) is 18.9 Å². The van der Waals surface area contributed by atoms with Crippen LogP contribution in [0.15, 0.2) is 48.5 Å². The third-order valence-electron chi connectivity index (χ3n) is 5.20. The summed E-state index contributed by atoms with van der Waals surface area (Å²) in [5, 5.41) is 0. The van der Waals surface area contributed by atoms with Crippen LogP contribution in [-0.4, -0.2) is 36.6 Å². The summed E-state index contributed by atoms with van der Waals surface area (Å²) in [5.74, 6) is 0.813. The molecule has 2 heterocycles. The first-order chi connectivity index (χ1) is 13.4. The van der Waals surface area contributed by atoms with E-state index in [1.165, 1.54) is 12.1 Å². The van der Waals surface area contributed by atoms with Crippen LogP contribution in [0.1, 0.15) is 29.9 Å². The standard InChI is InChI=1S/C21H20F3NO3/c22-21(23,24)16-7-3-5-14(11-16)15-6-4-10-25(12-15)20(26)19-13-27-17-8-1-2-9-18(17)28-19/h1-3,5,7-9,11,15,19H,4,6,10,12-13H2/t15-,19-/m1/s1. The highest BCUT2D eigenvalue weighted by Gasteiger charge is 2.35. The molecule has 0 spiro atoms. The Morgan fingerprint density at radius 3 is 2.64 bits per heavy atom. The van der Waals surface area contributed by atoms with Gasteiger partial charge in [0.25, 0.3) is 5.91 Å². The average Bonchev–Trinajstić information content (AvgIpc) is 2.72. The smallest absolute Gasteiger partial charge is 0.416 e. The molecule has 0 saturated carbocycles. The second-order valence-electron chi connectivity index (χ2n) is 7.11. The molecule has 0 bridgehead atoms. The molecule has 4 nitrogen and oxygen atoms in total. The third kappa shape index (κ3) is 3.79. The summed E-state index contributed by atoms with van der Waals surface area (Å²) in [7, 11) is 0. The summed E-state index contributed by atoms with van der Waals surface area (Å²) in [5.41, 5.74) is -0.0486. The maximum absolute atomic E-state index is 13.0. The van der Waals surface area contributed by atoms with Gasteiger partial charge in [-0.15, -0.1) is 0 Å². The minimum Gasteiger partial charge on any atom is -0.485 e. The first-order valence-electron chi connectivity index (χ1n) is 9.26. The van der Waals surface area contributed by atoms with Crippen LogP contribution >= 0.6 is 0 Å². The van der Waals surface area contributed by atoms with Gasteiger partial charge < -0.3 is 14.4 Å². The number of piperidine rings is 1. The molecule has 7 heteroatoms. The number of fused-ring (bicyclic) bond motifs is 1. The fourth-order valence-electron chi connectivity index (χ4n) is 3.76. The van der Waals surface area contributed by atoms with E-state index < -0.39 is 17.8 Å². The lowest BCUT2D eigenvalue weighted by Crippen LogP contribution is -2.49. The Kier molecular flexibility index (Phi) is 4.91. The van der Waals surface area contributed by atoms with E-state index in [1.807, 2.05) is 6.07 Å². The van der Waals surface area contributed by atoms with E-state index in [4.69, 9.17) is 9.47 Å². The van der Waals surface area contributed by atoms with Crippen LogP contribution in [0.3, 0.4) is 0 Å². The van der Waals surface area contributed by atoms with Crippen molar-refractivity contribution in [3.8, 4) is 11.5 Å². The zero-order chi connectivity index (χ0) is 19.7. The molecule has 1 fully saturated rings. The van der Waals surface area contributed by atoms with Gasteiger partial charge in [0.1, 0.15) is 6.61 Å². The van der Waals surface area contributed by atoms with Gasteiger partial charge in [-0.1, -0.05) is 30.3 Å². The number of alkyl halides is 3. The quantitative estimate of drug-likeness (QED) is 0.768. The highest BCUT2D eigenvalue weighted by molar-refractivity contribution is 5.82. The number of halogens is 3. The molecule has 0 unspecified atom stereocenters. The molecule has 0 N–H and O–H groups in total. The van der Waals surface area contributed by atoms with Crippen molar-refractivity contribution in [1.82, 2.24) is 4.90 Å². The number of hydrogen-bond donors (Lipinski definition) is 0. The Hall–Kier alpha value is -2.70. The third-order valence-corrected chi connectivity index (χ3v) is 5.20. The van der Waals surface area contributed by atoms with Gasteiger partial charge in [0.05, 0.1) is 5.56 Å². The lowest BCUT2D eigenvalue weighted by molar-refractivity contribution is -0.142. The van der Waals surface area contributed by atoms with E-state index in [-0.39, 0.29) is 18.4 Å². The van der Waals surface area contributed by atoms with Gasteiger partial charge in [-0.25, -0.2) is 0 Å². The SMILES string of the molecule is O=C([C@H]1COc2ccccc2O1)N1CCC[C@@H](c2cccc(C(F)(F)F)c2)C1. The summed E-state index contributed by atoms with van der Waals surface area (Å²) in [6, 6.07) is 12.5. The van der Waals surface area contributed by atoms with Crippen molar-refractivity contribution in [3.05, 3.63) is 59.7 Å². The number of para-hydroxylation sites is 2. The Morgan fingerprint density at radius 1 is 1.07 bits per heavy atom. The lowest BCUT2D eigenvalue weighted by atomic mass is 9.89. The number of hydrogen-bond acceptors (Lipinski definition) is 3. The van der Waals surface area contributed by atoms with E-state index in [1.54, 1.807) is 29.2 Å². The van der Waals surface area contributed by atoms with Crippen LogP contribution in [0.5, 0.6) is 11.5 Å². The fraction of sp³-hybridized carbons (Fsp3) is 0.381. The molecular formula is C21H20F3NO3. The largest absolute Gasteiger partial charge is 0.485 e. The monoisotopic (exact) mass is 391 g/mol. The molecule has 4 rings (SSSR count). The molecule has 0 aliphatic carbocycles. The number of rotatable bonds is 2. The second kappa shape index (κ2) is 7.37. The summed E-state index contributed by atoms with van der Waals surface area (Å²) in [4.78, 5) is 14.6. The second-order valence-corrected chi connectivity index (χ2v) is 7.11. The molecule has 2 atom stereocenters. The topological polar surface area (TPSA) is 38.8 Å². The number of carbonyl (C=O) groups is 1. The number of likely N-dealkylation sites (tertiary alicyclic amines) is 1. The Morgan fingerprint density at radius 2 is 1.86 bits per heavy atom. The van der Waals surface area contributed by atoms with Crippen LogP contribution in [0.2, 0.25) is 0 Å². The molecule has 2 aromatic carbocycles. The molecule has 148 valence electrons.